The van der Waals surface area contributed by atoms with E-state index in [1.807, 2.05) is 42.5 Å². The molecule has 0 atom stereocenters. The number of carbonyl (C=O) groups is 2. The van der Waals surface area contributed by atoms with Crippen molar-refractivity contribution in [1.82, 2.24) is 0 Å². The molecule has 1 heterocycles. The molecule has 0 fully saturated rings. The average Bonchev–Trinajstić information content (AvgIpc) is 3.25. The monoisotopic (exact) mass is 597 g/mol. The summed E-state index contributed by atoms with van der Waals surface area (Å²) >= 11 is 0. The molecule has 0 saturated heterocycles. The van der Waals surface area contributed by atoms with Crippen molar-refractivity contribution in [3.05, 3.63) is 147 Å². The summed E-state index contributed by atoms with van der Waals surface area (Å²) in [6.07, 6.45) is 1.76. The topological polar surface area (TPSA) is 37.4 Å². The van der Waals surface area contributed by atoms with Crippen molar-refractivity contribution in [2.75, 3.05) is 11.9 Å². The molecule has 0 saturated carbocycles. The highest BCUT2D eigenvalue weighted by atomic mass is 16.2. The lowest BCUT2D eigenvalue weighted by Gasteiger charge is -2.41. The zero-order valence-corrected chi connectivity index (χ0v) is 27.1. The molecular weight excluding hydrogens is 562 g/mol. The van der Waals surface area contributed by atoms with E-state index in [4.69, 9.17) is 0 Å². The minimum absolute atomic E-state index is 0.203. The third kappa shape index (κ3) is 4.04. The summed E-state index contributed by atoms with van der Waals surface area (Å²) in [6.45, 7) is 11.2. The number of carbonyl (C=O) groups excluding carboxylic acids is 2. The Hall–Kier alpha value is -5.28. The molecule has 0 radical (unpaired) electrons. The number of hydrogen-bond donors (Lipinski definition) is 0. The molecular formula is C43H35NO2. The van der Waals surface area contributed by atoms with Crippen LogP contribution in [0.2, 0.25) is 0 Å². The minimum Gasteiger partial charge on any atom is -0.344 e. The van der Waals surface area contributed by atoms with Crippen LogP contribution < -0.4 is 4.90 Å². The fraction of sp³-hybridized carbons (Fsp3) is 0.163. The Bertz CT molecular complexity index is 2290. The molecule has 0 bridgehead atoms. The number of allylic oxidation sites excluding steroid dienone is 1. The molecule has 1 aliphatic carbocycles. The van der Waals surface area contributed by atoms with Gasteiger partial charge in [0.25, 0.3) is 0 Å². The molecule has 0 unspecified atom stereocenters. The normalized spacial score (nSPS) is 14.9. The van der Waals surface area contributed by atoms with Crippen LogP contribution >= 0.6 is 0 Å². The number of ketones is 2. The predicted molar refractivity (Wildman–Crippen MR) is 191 cm³/mol. The van der Waals surface area contributed by atoms with E-state index in [-0.39, 0.29) is 22.6 Å². The SMILES string of the molecule is Cc1cc(C)c(-c2ccc3c(c2)C(C)(C)c2c(ccc4cc(C=C5C(=O)c6cc7ccccc7cc6C5=O)ccc24)N3C)c(C)c1. The molecule has 6 aromatic rings. The maximum absolute atomic E-state index is 13.4. The number of aryl methyl sites for hydroxylation is 3. The first-order valence-electron chi connectivity index (χ1n) is 15.9. The number of fused-ring (bicyclic) bond motifs is 6. The van der Waals surface area contributed by atoms with E-state index in [2.05, 4.69) is 101 Å². The number of Topliss-reactive ketones (excluding diaryl/α,β-unsaturated/α-hetero) is 2. The molecule has 6 aromatic carbocycles. The summed E-state index contributed by atoms with van der Waals surface area (Å²) in [6, 6.07) is 33.6. The molecule has 0 amide bonds. The van der Waals surface area contributed by atoms with E-state index < -0.39 is 0 Å². The number of anilines is 2. The van der Waals surface area contributed by atoms with Crippen molar-refractivity contribution in [1.29, 1.82) is 0 Å². The Morgan fingerprint density at radius 2 is 1.28 bits per heavy atom. The lowest BCUT2D eigenvalue weighted by Crippen LogP contribution is -2.31. The second-order valence-electron chi connectivity index (χ2n) is 13.6. The molecule has 2 aliphatic rings. The summed E-state index contributed by atoms with van der Waals surface area (Å²) < 4.78 is 0. The Morgan fingerprint density at radius 3 is 1.93 bits per heavy atom. The van der Waals surface area contributed by atoms with Gasteiger partial charge in [-0.2, -0.15) is 0 Å². The largest absolute Gasteiger partial charge is 0.344 e. The van der Waals surface area contributed by atoms with Gasteiger partial charge in [0.1, 0.15) is 0 Å². The molecule has 46 heavy (non-hydrogen) atoms. The van der Waals surface area contributed by atoms with Crippen molar-refractivity contribution in [3.8, 4) is 11.1 Å². The highest BCUT2D eigenvalue weighted by molar-refractivity contribution is 6.42. The van der Waals surface area contributed by atoms with Gasteiger partial charge in [-0.05, 0) is 124 Å². The van der Waals surface area contributed by atoms with Gasteiger partial charge in [0, 0.05) is 35.0 Å². The van der Waals surface area contributed by atoms with Gasteiger partial charge in [-0.25, -0.2) is 0 Å². The Labute approximate surface area is 269 Å². The van der Waals surface area contributed by atoms with Crippen LogP contribution in [0.5, 0.6) is 0 Å². The molecule has 224 valence electrons. The van der Waals surface area contributed by atoms with Gasteiger partial charge in [-0.3, -0.25) is 9.59 Å². The fourth-order valence-electron chi connectivity index (χ4n) is 8.05. The second kappa shape index (κ2) is 9.86. The van der Waals surface area contributed by atoms with Crippen LogP contribution in [-0.4, -0.2) is 18.6 Å². The standard InChI is InChI=1S/C43H35NO2/c1-24-17-25(2)39(26(3)18-24)31-13-15-37-36(23-31)43(4,5)40-32-14-11-27(19-30(32)12-16-38(40)44(37)6)20-35-41(45)33-21-28-9-7-8-10-29(28)22-34(33)42(35)46/h7-23H,1-6H3. The predicted octanol–water partition coefficient (Wildman–Crippen LogP) is 10.5. The zero-order chi connectivity index (χ0) is 32.1. The number of nitrogens with zero attached hydrogens (tertiary/aromatic N) is 1. The van der Waals surface area contributed by atoms with Crippen LogP contribution in [0.1, 0.15) is 67.9 Å². The van der Waals surface area contributed by atoms with Crippen LogP contribution in [-0.2, 0) is 5.41 Å². The van der Waals surface area contributed by atoms with Crippen LogP contribution in [0.15, 0.2) is 103 Å². The van der Waals surface area contributed by atoms with Gasteiger partial charge in [0.15, 0.2) is 11.6 Å². The molecule has 0 spiro atoms. The summed E-state index contributed by atoms with van der Waals surface area (Å²) in [5, 5.41) is 4.18. The molecule has 3 heteroatoms. The quantitative estimate of drug-likeness (QED) is 0.147. The van der Waals surface area contributed by atoms with E-state index in [1.165, 1.54) is 55.7 Å². The van der Waals surface area contributed by atoms with Gasteiger partial charge < -0.3 is 4.90 Å². The fourth-order valence-corrected chi connectivity index (χ4v) is 8.05. The first kappa shape index (κ1) is 28.2. The van der Waals surface area contributed by atoms with Gasteiger partial charge in [-0.1, -0.05) is 80.1 Å². The second-order valence-corrected chi connectivity index (χ2v) is 13.6. The molecule has 3 nitrogen and oxygen atoms in total. The third-order valence-electron chi connectivity index (χ3n) is 10.2. The van der Waals surface area contributed by atoms with Crippen LogP contribution in [0, 0.1) is 20.8 Å². The van der Waals surface area contributed by atoms with Gasteiger partial charge in [0.05, 0.1) is 5.57 Å². The molecule has 0 aromatic heterocycles. The first-order chi connectivity index (χ1) is 22.0. The Kier molecular flexibility index (Phi) is 6.05. The van der Waals surface area contributed by atoms with Crippen molar-refractivity contribution in [2.45, 2.75) is 40.0 Å². The summed E-state index contributed by atoms with van der Waals surface area (Å²) in [4.78, 5) is 29.2. The summed E-state index contributed by atoms with van der Waals surface area (Å²) in [5.74, 6) is -0.406. The highest BCUT2D eigenvalue weighted by Gasteiger charge is 2.37. The van der Waals surface area contributed by atoms with Crippen LogP contribution in [0.25, 0.3) is 38.7 Å². The van der Waals surface area contributed by atoms with E-state index in [1.54, 1.807) is 6.08 Å². The summed E-state index contributed by atoms with van der Waals surface area (Å²) in [7, 11) is 2.15. The van der Waals surface area contributed by atoms with Gasteiger partial charge in [-0.15, -0.1) is 0 Å². The van der Waals surface area contributed by atoms with E-state index >= 15 is 0 Å². The Balaban J connectivity index is 1.22. The minimum atomic E-state index is -0.264. The molecule has 8 rings (SSSR count). The van der Waals surface area contributed by atoms with Crippen LogP contribution in [0.4, 0.5) is 11.4 Å². The summed E-state index contributed by atoms with van der Waals surface area (Å²) in [5.41, 5.74) is 13.2. The number of rotatable bonds is 2. The smallest absolute Gasteiger partial charge is 0.197 e. The van der Waals surface area contributed by atoms with Crippen molar-refractivity contribution in [2.24, 2.45) is 0 Å². The highest BCUT2D eigenvalue weighted by Crippen LogP contribution is 2.52. The van der Waals surface area contributed by atoms with Crippen molar-refractivity contribution in [3.63, 3.8) is 0 Å². The van der Waals surface area contributed by atoms with E-state index in [0.29, 0.717) is 11.1 Å². The third-order valence-corrected chi connectivity index (χ3v) is 10.2. The number of hydrogen-bond acceptors (Lipinski definition) is 3. The van der Waals surface area contributed by atoms with Crippen molar-refractivity contribution >= 4 is 50.6 Å². The Morgan fingerprint density at radius 1 is 0.652 bits per heavy atom. The van der Waals surface area contributed by atoms with Crippen LogP contribution in [0.3, 0.4) is 0 Å². The van der Waals surface area contributed by atoms with E-state index in [9.17, 15) is 9.59 Å². The van der Waals surface area contributed by atoms with Crippen molar-refractivity contribution < 1.29 is 9.59 Å². The first-order valence-corrected chi connectivity index (χ1v) is 15.9. The molecule has 1 aliphatic heterocycles. The zero-order valence-electron chi connectivity index (χ0n) is 27.1. The van der Waals surface area contributed by atoms with Gasteiger partial charge >= 0.3 is 0 Å². The van der Waals surface area contributed by atoms with E-state index in [0.717, 1.165) is 21.7 Å². The number of benzene rings is 6. The lowest BCUT2D eigenvalue weighted by atomic mass is 9.71. The maximum Gasteiger partial charge on any atom is 0.197 e. The molecule has 0 N–H and O–H groups in total. The lowest BCUT2D eigenvalue weighted by molar-refractivity contribution is 0.0990. The average molecular weight is 598 g/mol. The van der Waals surface area contributed by atoms with Gasteiger partial charge in [0.2, 0.25) is 0 Å². The maximum atomic E-state index is 13.4.